The average Bonchev–Trinajstić information content (AvgIpc) is 2.73. The van der Waals surface area contributed by atoms with Gasteiger partial charge >= 0.3 is 42.1 Å². The van der Waals surface area contributed by atoms with E-state index in [1.165, 1.54) is 6.92 Å². The Morgan fingerprint density at radius 1 is 0.806 bits per heavy atom. The van der Waals surface area contributed by atoms with Gasteiger partial charge in [0, 0.05) is 9.15 Å². The molecule has 0 rings (SSSR count). The number of hydrogen-bond acceptors (Lipinski definition) is 3. The largest absolute Gasteiger partial charge is 0.481 e. The van der Waals surface area contributed by atoms with Gasteiger partial charge in [-0.3, -0.25) is 9.59 Å². The van der Waals surface area contributed by atoms with Crippen LogP contribution >= 0.6 is 0 Å². The number of carbonyl (C=O) groups is 2. The lowest BCUT2D eigenvalue weighted by Crippen LogP contribution is -2.67. The van der Waals surface area contributed by atoms with Crippen LogP contribution in [0.1, 0.15) is 40.5 Å². The van der Waals surface area contributed by atoms with Crippen molar-refractivity contribution >= 4 is 11.9 Å². The topological polar surface area (TPSA) is 63.6 Å². The molecule has 0 fully saturated rings. The van der Waals surface area contributed by atoms with Crippen LogP contribution in [0.5, 0.6) is 0 Å². The molecule has 0 bridgehead atoms. The molecule has 0 spiro atoms. The maximum Gasteiger partial charge on any atom is 0.384 e. The summed E-state index contributed by atoms with van der Waals surface area (Å²) in [7, 11) is 0. The molecule has 18 heteroatoms. The first-order valence-corrected chi connectivity index (χ1v) is 9.49. The first-order chi connectivity index (χ1) is 15.9. The molecule has 4 nitrogen and oxygen atoms in total. The minimum absolute atomic E-state index is 0.285. The number of aliphatic carboxylic acids is 1. The lowest BCUT2D eigenvalue weighted by molar-refractivity contribution is -0.396. The van der Waals surface area contributed by atoms with E-state index in [1.54, 1.807) is 0 Å². The summed E-state index contributed by atoms with van der Waals surface area (Å²) in [6, 6.07) is 0. The second kappa shape index (κ2) is 12.0. The van der Waals surface area contributed by atoms with Gasteiger partial charge in [0.15, 0.2) is 0 Å². The summed E-state index contributed by atoms with van der Waals surface area (Å²) >= 11 is 0. The Morgan fingerprint density at radius 2 is 1.19 bits per heavy atom. The highest BCUT2D eigenvalue weighted by Gasteiger charge is 2.84. The smallest absolute Gasteiger partial charge is 0.384 e. The molecule has 0 aromatic heterocycles. The van der Waals surface area contributed by atoms with Crippen molar-refractivity contribution in [2.24, 2.45) is 16.7 Å². The fourth-order valence-corrected chi connectivity index (χ4v) is 2.86. The van der Waals surface area contributed by atoms with Crippen LogP contribution in [0.2, 0.25) is 0 Å². The number of esters is 1. The second-order valence-corrected chi connectivity index (χ2v) is 8.51. The minimum atomic E-state index is -7.49. The van der Waals surface area contributed by atoms with E-state index in [-0.39, 0.29) is 6.42 Å². The number of ether oxygens (including phenoxy) is 1. The SMILES string of the molecule is CCC(C)(CC(C)(C)C(=O)O)C(=O)OCC(C(F)F)C(F)(F)C(F)(F)C(F)(F)C(F)(F)C(F)F.FF. The van der Waals surface area contributed by atoms with Gasteiger partial charge in [0.05, 0.1) is 10.8 Å². The van der Waals surface area contributed by atoms with Crippen molar-refractivity contribution in [2.75, 3.05) is 6.61 Å². The zero-order valence-corrected chi connectivity index (χ0v) is 18.8. The Balaban J connectivity index is 0. The van der Waals surface area contributed by atoms with E-state index < -0.39 is 78.3 Å². The maximum absolute atomic E-state index is 14.1. The predicted molar refractivity (Wildman–Crippen MR) is 92.9 cm³/mol. The van der Waals surface area contributed by atoms with Crippen molar-refractivity contribution in [1.82, 2.24) is 0 Å². The quantitative estimate of drug-likeness (QED) is 0.193. The second-order valence-electron chi connectivity index (χ2n) is 8.51. The van der Waals surface area contributed by atoms with Crippen LogP contribution in [0.15, 0.2) is 0 Å². The average molecular weight is 568 g/mol. The van der Waals surface area contributed by atoms with Gasteiger partial charge in [-0.1, -0.05) is 6.92 Å². The molecule has 36 heavy (non-hydrogen) atoms. The molecule has 0 aliphatic carbocycles. The van der Waals surface area contributed by atoms with E-state index in [2.05, 4.69) is 4.74 Å². The van der Waals surface area contributed by atoms with E-state index in [0.717, 1.165) is 20.8 Å². The lowest BCUT2D eigenvalue weighted by atomic mass is 9.72. The number of carbonyl (C=O) groups excluding carboxylic acids is 1. The normalized spacial score (nSPS) is 16.2. The number of carboxylic acid groups (broad SMARTS) is 1. The summed E-state index contributed by atoms with van der Waals surface area (Å²) < 4.78 is 179. The van der Waals surface area contributed by atoms with Gasteiger partial charge < -0.3 is 9.84 Å². The van der Waals surface area contributed by atoms with Crippen molar-refractivity contribution in [3.05, 3.63) is 0 Å². The fourth-order valence-electron chi connectivity index (χ4n) is 2.86. The Morgan fingerprint density at radius 3 is 1.50 bits per heavy atom. The van der Waals surface area contributed by atoms with Crippen LogP contribution in [0, 0.1) is 16.7 Å². The van der Waals surface area contributed by atoms with Crippen LogP contribution in [-0.4, -0.2) is 60.2 Å². The molecular weight excluding hydrogens is 546 g/mol. The van der Waals surface area contributed by atoms with Crippen LogP contribution < -0.4 is 0 Å². The highest BCUT2D eigenvalue weighted by molar-refractivity contribution is 5.79. The predicted octanol–water partition coefficient (Wildman–Crippen LogP) is 6.97. The zero-order valence-electron chi connectivity index (χ0n) is 18.8. The number of halogens is 14. The number of rotatable bonds is 13. The molecule has 0 radical (unpaired) electrons. The summed E-state index contributed by atoms with van der Waals surface area (Å²) in [4.78, 5) is 23.5. The van der Waals surface area contributed by atoms with Crippen molar-refractivity contribution in [1.29, 1.82) is 0 Å². The minimum Gasteiger partial charge on any atom is -0.481 e. The molecule has 0 aromatic carbocycles. The summed E-state index contributed by atoms with van der Waals surface area (Å²) in [5.41, 5.74) is -3.54. The van der Waals surface area contributed by atoms with Crippen molar-refractivity contribution in [2.45, 2.75) is 77.1 Å². The highest BCUT2D eigenvalue weighted by atomic mass is 20.0. The van der Waals surface area contributed by atoms with Crippen LogP contribution in [0.4, 0.5) is 61.8 Å². The van der Waals surface area contributed by atoms with E-state index in [9.17, 15) is 62.3 Å². The number of alkyl halides is 12. The molecule has 216 valence electrons. The van der Waals surface area contributed by atoms with Crippen molar-refractivity contribution in [3.8, 4) is 0 Å². The van der Waals surface area contributed by atoms with Gasteiger partial charge in [-0.05, 0) is 33.6 Å². The standard InChI is InChI=1S/C18H22F12O4.F2/c1-5-14(4,7-13(2,3)11(31)32)12(33)34-6-8(9(19)20)15(23,24)17(27,28)18(29,30)16(25,26)10(21)22;1-2/h8-10H,5-7H2,1-4H3,(H,31,32);. The summed E-state index contributed by atoms with van der Waals surface area (Å²) in [6.45, 7) is 2.12. The van der Waals surface area contributed by atoms with Crippen molar-refractivity contribution < 1.29 is 81.3 Å². The van der Waals surface area contributed by atoms with Gasteiger partial charge in [0.25, 0.3) is 6.43 Å². The Bertz CT molecular complexity index is 741. The van der Waals surface area contributed by atoms with Crippen LogP contribution in [0.3, 0.4) is 0 Å². The summed E-state index contributed by atoms with van der Waals surface area (Å²) in [5, 5.41) is 9.13. The molecule has 0 heterocycles. The van der Waals surface area contributed by atoms with Gasteiger partial charge in [-0.25, -0.2) is 17.6 Å². The first kappa shape index (κ1) is 36.1. The van der Waals surface area contributed by atoms with E-state index >= 15 is 0 Å². The molecule has 0 aliphatic heterocycles. The molecule has 1 N–H and O–H groups in total. The Kier molecular flexibility index (Phi) is 12.0. The highest BCUT2D eigenvalue weighted by Crippen LogP contribution is 2.57. The monoisotopic (exact) mass is 568 g/mol. The third-order valence-corrected chi connectivity index (χ3v) is 5.35. The summed E-state index contributed by atoms with van der Waals surface area (Å²) in [6.07, 6.45) is -11.1. The van der Waals surface area contributed by atoms with E-state index in [0.29, 0.717) is 0 Å². The molecule has 2 atom stereocenters. The number of carboxylic acids is 1. The Labute approximate surface area is 194 Å². The molecular formula is C18H22F14O4. The number of hydrogen-bond donors (Lipinski definition) is 1. The van der Waals surface area contributed by atoms with Gasteiger partial charge in [0.1, 0.15) is 12.5 Å². The van der Waals surface area contributed by atoms with Gasteiger partial charge in [0.2, 0.25) is 0 Å². The molecule has 0 saturated heterocycles. The van der Waals surface area contributed by atoms with Crippen LogP contribution in [-0.2, 0) is 14.3 Å². The van der Waals surface area contributed by atoms with Gasteiger partial charge in [-0.2, -0.15) is 35.1 Å². The molecule has 0 amide bonds. The van der Waals surface area contributed by atoms with E-state index in [1.807, 2.05) is 0 Å². The zero-order chi connectivity index (χ0) is 29.7. The molecule has 2 unspecified atom stereocenters. The van der Waals surface area contributed by atoms with Crippen molar-refractivity contribution in [3.63, 3.8) is 0 Å². The first-order valence-electron chi connectivity index (χ1n) is 9.49. The van der Waals surface area contributed by atoms with E-state index in [4.69, 9.17) is 14.3 Å². The third-order valence-electron chi connectivity index (χ3n) is 5.35. The van der Waals surface area contributed by atoms with Crippen LogP contribution in [0.25, 0.3) is 0 Å². The summed E-state index contributed by atoms with van der Waals surface area (Å²) in [5.74, 6) is -36.2. The molecule has 0 aliphatic rings. The fraction of sp³-hybridized carbons (Fsp3) is 0.889. The third kappa shape index (κ3) is 6.83. The Hall–Kier alpha value is -2.04. The maximum atomic E-state index is 14.1. The van der Waals surface area contributed by atoms with Gasteiger partial charge in [-0.15, -0.1) is 0 Å². The lowest BCUT2D eigenvalue weighted by Gasteiger charge is -2.39. The molecule has 0 aromatic rings. The molecule has 0 saturated carbocycles.